The molecule has 3 rings (SSSR count). The zero-order valence-corrected chi connectivity index (χ0v) is 12.9. The van der Waals surface area contributed by atoms with E-state index in [2.05, 4.69) is 10.1 Å². The highest BCUT2D eigenvalue weighted by atomic mass is 35.5. The van der Waals surface area contributed by atoms with Crippen LogP contribution in [0, 0.1) is 6.92 Å². The normalized spacial score (nSPS) is 13.1. The van der Waals surface area contributed by atoms with Crippen molar-refractivity contribution in [2.45, 2.75) is 19.2 Å². The van der Waals surface area contributed by atoms with Gasteiger partial charge in [-0.2, -0.15) is 5.10 Å². The van der Waals surface area contributed by atoms with Crippen molar-refractivity contribution in [3.8, 4) is 5.69 Å². The Morgan fingerprint density at radius 1 is 1.30 bits per heavy atom. The van der Waals surface area contributed by atoms with E-state index in [1.807, 2.05) is 49.9 Å². The third kappa shape index (κ3) is 2.00. The van der Waals surface area contributed by atoms with Gasteiger partial charge in [-0.3, -0.25) is 9.25 Å². The number of hydrogen-bond acceptors (Lipinski definition) is 2. The Morgan fingerprint density at radius 2 is 2.05 bits per heavy atom. The van der Waals surface area contributed by atoms with Gasteiger partial charge in [0.1, 0.15) is 11.3 Å². The van der Waals surface area contributed by atoms with Gasteiger partial charge in [0.25, 0.3) is 0 Å². The third-order valence-corrected chi connectivity index (χ3v) is 3.75. The predicted molar refractivity (Wildman–Crippen MR) is 81.9 cm³/mol. The van der Waals surface area contributed by atoms with Gasteiger partial charge in [0, 0.05) is 13.2 Å². The molecule has 2 heterocycles. The van der Waals surface area contributed by atoms with Crippen molar-refractivity contribution < 1.29 is 0 Å². The van der Waals surface area contributed by atoms with Crippen molar-refractivity contribution in [2.75, 3.05) is 0 Å². The van der Waals surface area contributed by atoms with Crippen LogP contribution in [0.1, 0.15) is 23.8 Å². The lowest BCUT2D eigenvalue weighted by Gasteiger charge is -2.09. The molecule has 0 fully saturated rings. The lowest BCUT2D eigenvalue weighted by atomic mass is 10.3. The van der Waals surface area contributed by atoms with Crippen LogP contribution in [-0.2, 0) is 7.05 Å². The number of hydrogen-bond donors (Lipinski definition) is 0. The molecule has 0 saturated carbocycles. The fourth-order valence-corrected chi connectivity index (χ4v) is 2.77. The number of fused-ring (bicyclic) bond motifs is 1. The molecule has 104 valence electrons. The average Bonchev–Trinajstić information content (AvgIpc) is 2.90. The molecule has 0 spiro atoms. The third-order valence-electron chi connectivity index (χ3n) is 3.25. The number of imidazole rings is 1. The van der Waals surface area contributed by atoms with Crippen LogP contribution < -0.4 is 0 Å². The van der Waals surface area contributed by atoms with Gasteiger partial charge >= 0.3 is 0 Å². The number of benzene rings is 1. The molecule has 0 amide bonds. The van der Waals surface area contributed by atoms with Crippen LogP contribution in [0.25, 0.3) is 16.7 Å². The molecule has 0 saturated heterocycles. The summed E-state index contributed by atoms with van der Waals surface area (Å²) in [6, 6.07) is 5.74. The van der Waals surface area contributed by atoms with Gasteiger partial charge in [0.05, 0.1) is 27.3 Å². The number of nitrogens with zero attached hydrogens (tertiary/aromatic N) is 4. The minimum absolute atomic E-state index is 0.224. The van der Waals surface area contributed by atoms with Gasteiger partial charge in [-0.15, -0.1) is 11.6 Å². The molecular formula is C14H14Cl2N4. The lowest BCUT2D eigenvalue weighted by Crippen LogP contribution is -2.02. The highest BCUT2D eigenvalue weighted by Gasteiger charge is 2.20. The van der Waals surface area contributed by atoms with Crippen molar-refractivity contribution in [2.24, 2.45) is 7.05 Å². The standard InChI is InChI=1S/C14H14Cl2N4/c1-8(15)14-17-13-10(16)5-4-6-11(13)20(14)12-7-19(3)18-9(12)2/h4-8H,1-3H3. The summed E-state index contributed by atoms with van der Waals surface area (Å²) < 4.78 is 3.81. The molecule has 0 aliphatic heterocycles. The first kappa shape index (κ1) is 13.5. The molecule has 0 radical (unpaired) electrons. The minimum Gasteiger partial charge on any atom is -0.292 e. The summed E-state index contributed by atoms with van der Waals surface area (Å²) in [5, 5.41) is 4.79. The monoisotopic (exact) mass is 308 g/mol. The molecule has 0 bridgehead atoms. The van der Waals surface area contributed by atoms with Gasteiger partial charge in [0.2, 0.25) is 0 Å². The fraction of sp³-hybridized carbons (Fsp3) is 0.286. The second-order valence-corrected chi connectivity index (χ2v) is 5.86. The molecule has 1 atom stereocenters. The largest absolute Gasteiger partial charge is 0.292 e. The second kappa shape index (κ2) is 4.79. The molecule has 3 aromatic rings. The van der Waals surface area contributed by atoms with Crippen molar-refractivity contribution in [1.82, 2.24) is 19.3 Å². The Kier molecular flexibility index (Phi) is 3.22. The molecule has 1 unspecified atom stereocenters. The maximum Gasteiger partial charge on any atom is 0.132 e. The molecule has 6 heteroatoms. The van der Waals surface area contributed by atoms with E-state index in [4.69, 9.17) is 23.2 Å². The summed E-state index contributed by atoms with van der Waals surface area (Å²) in [5.74, 6) is 0.769. The Balaban J connectivity index is 2.41. The molecule has 0 aliphatic rings. The SMILES string of the molecule is Cc1nn(C)cc1-n1c(C(C)Cl)nc2c(Cl)cccc21. The zero-order chi connectivity index (χ0) is 14.4. The molecule has 0 N–H and O–H groups in total. The number of alkyl halides is 1. The first-order chi connectivity index (χ1) is 9.49. The quantitative estimate of drug-likeness (QED) is 0.670. The van der Waals surface area contributed by atoms with Crippen LogP contribution in [0.2, 0.25) is 5.02 Å². The molecule has 2 aromatic heterocycles. The Labute approximate surface area is 126 Å². The topological polar surface area (TPSA) is 35.6 Å². The maximum atomic E-state index is 6.29. The smallest absolute Gasteiger partial charge is 0.132 e. The summed E-state index contributed by atoms with van der Waals surface area (Å²) in [7, 11) is 1.90. The van der Waals surface area contributed by atoms with Gasteiger partial charge in [-0.1, -0.05) is 17.7 Å². The number of halogens is 2. The van der Waals surface area contributed by atoms with E-state index in [1.165, 1.54) is 0 Å². The summed E-state index contributed by atoms with van der Waals surface area (Å²) in [6.07, 6.45) is 1.96. The van der Waals surface area contributed by atoms with E-state index >= 15 is 0 Å². The van der Waals surface area contributed by atoms with E-state index in [9.17, 15) is 0 Å². The van der Waals surface area contributed by atoms with Gasteiger partial charge in [-0.25, -0.2) is 4.98 Å². The summed E-state index contributed by atoms with van der Waals surface area (Å²) in [6.45, 7) is 3.87. The van der Waals surface area contributed by atoms with E-state index in [1.54, 1.807) is 4.68 Å². The van der Waals surface area contributed by atoms with Crippen molar-refractivity contribution in [1.29, 1.82) is 0 Å². The van der Waals surface area contributed by atoms with Gasteiger partial charge in [-0.05, 0) is 26.0 Å². The molecule has 20 heavy (non-hydrogen) atoms. The van der Waals surface area contributed by atoms with E-state index < -0.39 is 0 Å². The van der Waals surface area contributed by atoms with Crippen LogP contribution in [0.3, 0.4) is 0 Å². The predicted octanol–water partition coefficient (Wildman–Crippen LogP) is 4.02. The average molecular weight is 309 g/mol. The summed E-state index contributed by atoms with van der Waals surface area (Å²) in [5.41, 5.74) is 3.60. The first-order valence-corrected chi connectivity index (χ1v) is 7.12. The van der Waals surface area contributed by atoms with Crippen LogP contribution >= 0.6 is 23.2 Å². The van der Waals surface area contributed by atoms with Gasteiger partial charge < -0.3 is 0 Å². The number of para-hydroxylation sites is 1. The summed E-state index contributed by atoms with van der Waals surface area (Å²) >= 11 is 12.5. The fourth-order valence-electron chi connectivity index (χ4n) is 2.41. The first-order valence-electron chi connectivity index (χ1n) is 6.30. The molecule has 1 aromatic carbocycles. The lowest BCUT2D eigenvalue weighted by molar-refractivity contribution is 0.756. The van der Waals surface area contributed by atoms with E-state index in [0.717, 1.165) is 28.2 Å². The molecule has 4 nitrogen and oxygen atoms in total. The second-order valence-electron chi connectivity index (χ2n) is 4.80. The number of aryl methyl sites for hydroxylation is 2. The van der Waals surface area contributed by atoms with Crippen molar-refractivity contribution in [3.63, 3.8) is 0 Å². The Morgan fingerprint density at radius 3 is 2.65 bits per heavy atom. The minimum atomic E-state index is -0.224. The number of rotatable bonds is 2. The maximum absolute atomic E-state index is 6.29. The molecule has 0 aliphatic carbocycles. The van der Waals surface area contributed by atoms with Crippen LogP contribution in [-0.4, -0.2) is 19.3 Å². The highest BCUT2D eigenvalue weighted by Crippen LogP contribution is 2.32. The van der Waals surface area contributed by atoms with E-state index in [-0.39, 0.29) is 5.38 Å². The van der Waals surface area contributed by atoms with Crippen LogP contribution in [0.15, 0.2) is 24.4 Å². The van der Waals surface area contributed by atoms with Crippen LogP contribution in [0.4, 0.5) is 0 Å². The zero-order valence-electron chi connectivity index (χ0n) is 11.4. The summed E-state index contributed by atoms with van der Waals surface area (Å²) in [4.78, 5) is 4.60. The van der Waals surface area contributed by atoms with Gasteiger partial charge in [0.15, 0.2) is 0 Å². The Bertz CT molecular complexity index is 786. The Hall–Kier alpha value is -1.52. The highest BCUT2D eigenvalue weighted by molar-refractivity contribution is 6.35. The van der Waals surface area contributed by atoms with Crippen molar-refractivity contribution >= 4 is 34.2 Å². The number of aromatic nitrogens is 4. The van der Waals surface area contributed by atoms with Crippen LogP contribution in [0.5, 0.6) is 0 Å². The van der Waals surface area contributed by atoms with Crippen molar-refractivity contribution in [3.05, 3.63) is 40.9 Å². The molecular weight excluding hydrogens is 295 g/mol. The van der Waals surface area contributed by atoms with E-state index in [0.29, 0.717) is 5.02 Å².